The van der Waals surface area contributed by atoms with Crippen LogP contribution in [0.3, 0.4) is 0 Å². The zero-order valence-electron chi connectivity index (χ0n) is 17.6. The maximum Gasteiger partial charge on any atom is 0.220 e. The molecule has 2 atom stereocenters. The Morgan fingerprint density at radius 1 is 1.26 bits per heavy atom. The number of rotatable bonds is 7. The normalized spacial score (nSPS) is 18.1. The number of para-hydroxylation sites is 1. The van der Waals surface area contributed by atoms with Gasteiger partial charge in [-0.3, -0.25) is 4.79 Å². The minimum Gasteiger partial charge on any atom is -0.346 e. The van der Waals surface area contributed by atoms with Crippen LogP contribution in [0.25, 0.3) is 10.9 Å². The van der Waals surface area contributed by atoms with Gasteiger partial charge in [0, 0.05) is 43.2 Å². The van der Waals surface area contributed by atoms with Crippen LogP contribution >= 0.6 is 0 Å². The van der Waals surface area contributed by atoms with E-state index in [-0.39, 0.29) is 11.9 Å². The van der Waals surface area contributed by atoms with E-state index >= 15 is 0 Å². The van der Waals surface area contributed by atoms with Gasteiger partial charge in [-0.15, -0.1) is 0 Å². The lowest BCUT2D eigenvalue weighted by Gasteiger charge is -2.36. The molecule has 2 aromatic rings. The Morgan fingerprint density at radius 3 is 2.70 bits per heavy atom. The third-order valence-corrected chi connectivity index (χ3v) is 5.93. The Labute approximate surface area is 163 Å². The fourth-order valence-corrected chi connectivity index (χ4v) is 4.82. The first-order chi connectivity index (χ1) is 12.9. The molecule has 0 saturated carbocycles. The van der Waals surface area contributed by atoms with E-state index in [2.05, 4.69) is 66.9 Å². The first kappa shape index (κ1) is 19.9. The van der Waals surface area contributed by atoms with Gasteiger partial charge >= 0.3 is 0 Å². The molecule has 148 valence electrons. The Kier molecular flexibility index (Phi) is 6.25. The summed E-state index contributed by atoms with van der Waals surface area (Å²) in [5, 5.41) is 5.01. The van der Waals surface area contributed by atoms with Crippen molar-refractivity contribution in [2.45, 2.75) is 65.5 Å². The van der Waals surface area contributed by atoms with Crippen LogP contribution in [-0.4, -0.2) is 34.5 Å². The van der Waals surface area contributed by atoms with E-state index in [4.69, 9.17) is 0 Å². The molecule has 27 heavy (non-hydrogen) atoms. The van der Waals surface area contributed by atoms with E-state index in [1.54, 1.807) is 6.92 Å². The average molecular weight is 370 g/mol. The summed E-state index contributed by atoms with van der Waals surface area (Å²) in [7, 11) is 2.15. The first-order valence-corrected chi connectivity index (χ1v) is 10.5. The number of hydrogen-bond donors (Lipinski definition) is 1. The van der Waals surface area contributed by atoms with Crippen molar-refractivity contribution in [2.75, 3.05) is 13.1 Å². The minimum atomic E-state index is 0.186. The predicted molar refractivity (Wildman–Crippen MR) is 113 cm³/mol. The van der Waals surface area contributed by atoms with Crippen molar-refractivity contribution in [1.82, 2.24) is 14.8 Å². The molecule has 3 rings (SSSR count). The molecule has 0 bridgehead atoms. The van der Waals surface area contributed by atoms with Crippen molar-refractivity contribution in [3.8, 4) is 0 Å². The van der Waals surface area contributed by atoms with E-state index in [1.807, 2.05) is 0 Å². The molecule has 2 unspecified atom stereocenters. The Morgan fingerprint density at radius 2 is 2.00 bits per heavy atom. The second kappa shape index (κ2) is 8.47. The molecular weight excluding hydrogens is 334 g/mol. The monoisotopic (exact) mass is 369 g/mol. The van der Waals surface area contributed by atoms with Crippen LogP contribution in [0.5, 0.6) is 0 Å². The highest BCUT2D eigenvalue weighted by Crippen LogP contribution is 2.38. The number of amides is 1. The quantitative estimate of drug-likeness (QED) is 0.733. The number of carbonyl (C=O) groups is 1. The lowest BCUT2D eigenvalue weighted by molar-refractivity contribution is -0.132. The summed E-state index contributed by atoms with van der Waals surface area (Å²) in [6.07, 6.45) is 4.25. The maximum atomic E-state index is 12.3. The summed E-state index contributed by atoms with van der Waals surface area (Å²) in [4.78, 5) is 14.4. The molecule has 0 saturated heterocycles. The smallest absolute Gasteiger partial charge is 0.220 e. The summed E-state index contributed by atoms with van der Waals surface area (Å²) < 4.78 is 2.32. The molecule has 1 aliphatic rings. The number of benzene rings is 1. The Bertz CT molecular complexity index is 792. The molecule has 0 aliphatic carbocycles. The summed E-state index contributed by atoms with van der Waals surface area (Å²) in [6.45, 7) is 10.4. The molecule has 0 spiro atoms. The van der Waals surface area contributed by atoms with Crippen LogP contribution in [0.2, 0.25) is 0 Å². The fraction of sp³-hybridized carbons (Fsp3) is 0.609. The van der Waals surface area contributed by atoms with Crippen LogP contribution in [-0.2, 0) is 18.3 Å². The molecule has 4 heteroatoms. The topological polar surface area (TPSA) is 37.3 Å². The lowest BCUT2D eigenvalue weighted by atomic mass is 9.94. The lowest BCUT2D eigenvalue weighted by Crippen LogP contribution is -2.40. The largest absolute Gasteiger partial charge is 0.346 e. The van der Waals surface area contributed by atoms with Gasteiger partial charge in [-0.05, 0) is 56.7 Å². The molecule has 0 fully saturated rings. The second-order valence-electron chi connectivity index (χ2n) is 8.55. The summed E-state index contributed by atoms with van der Waals surface area (Å²) >= 11 is 0. The van der Waals surface area contributed by atoms with Crippen molar-refractivity contribution < 1.29 is 4.79 Å². The zero-order chi connectivity index (χ0) is 19.6. The number of aryl methyl sites for hydroxylation is 1. The predicted octanol–water partition coefficient (Wildman–Crippen LogP) is 4.43. The van der Waals surface area contributed by atoms with E-state index in [0.717, 1.165) is 38.3 Å². The van der Waals surface area contributed by atoms with Gasteiger partial charge in [0.2, 0.25) is 5.91 Å². The molecule has 4 nitrogen and oxygen atoms in total. The molecule has 1 amide bonds. The summed E-state index contributed by atoms with van der Waals surface area (Å²) in [5.74, 6) is 0.912. The van der Waals surface area contributed by atoms with Crippen LogP contribution in [0, 0.1) is 5.92 Å². The first-order valence-electron chi connectivity index (χ1n) is 10.5. The number of carbonyl (C=O) groups excluding carboxylic acids is 1. The third kappa shape index (κ3) is 4.21. The van der Waals surface area contributed by atoms with Gasteiger partial charge in [0.05, 0.1) is 6.04 Å². The fourth-order valence-electron chi connectivity index (χ4n) is 4.82. The van der Waals surface area contributed by atoms with Crippen LogP contribution < -0.4 is 5.32 Å². The van der Waals surface area contributed by atoms with Crippen LogP contribution in [0.1, 0.15) is 64.3 Å². The van der Waals surface area contributed by atoms with E-state index < -0.39 is 0 Å². The number of aromatic nitrogens is 1. The highest BCUT2D eigenvalue weighted by atomic mass is 16.2. The molecule has 1 aromatic heterocycles. The standard InChI is InChI=1S/C23H35N3O/c1-16(2)15-17(3)24-13-8-11-22-23-20(12-14-26(22)18(4)27)19-9-6-7-10-21(19)25(23)5/h6-7,9-10,16-17,22,24H,8,11-15H2,1-5H3. The van der Waals surface area contributed by atoms with E-state index in [1.165, 1.54) is 28.6 Å². The molecule has 2 heterocycles. The summed E-state index contributed by atoms with van der Waals surface area (Å²) in [6, 6.07) is 9.38. The molecule has 1 aromatic carbocycles. The van der Waals surface area contributed by atoms with Crippen LogP contribution in [0.4, 0.5) is 0 Å². The number of nitrogens with one attached hydrogen (secondary N) is 1. The number of fused-ring (bicyclic) bond motifs is 3. The van der Waals surface area contributed by atoms with Gasteiger partial charge in [0.15, 0.2) is 0 Å². The molecular formula is C23H35N3O. The van der Waals surface area contributed by atoms with Gasteiger partial charge in [-0.25, -0.2) is 0 Å². The van der Waals surface area contributed by atoms with Gasteiger partial charge in [-0.1, -0.05) is 32.0 Å². The minimum absolute atomic E-state index is 0.186. The van der Waals surface area contributed by atoms with Crippen LogP contribution in [0.15, 0.2) is 24.3 Å². The average Bonchev–Trinajstić information content (AvgIpc) is 2.91. The van der Waals surface area contributed by atoms with Gasteiger partial charge in [-0.2, -0.15) is 0 Å². The van der Waals surface area contributed by atoms with Crippen molar-refractivity contribution in [3.63, 3.8) is 0 Å². The number of hydrogen-bond acceptors (Lipinski definition) is 2. The summed E-state index contributed by atoms with van der Waals surface area (Å²) in [5.41, 5.74) is 4.06. The highest BCUT2D eigenvalue weighted by Gasteiger charge is 2.32. The zero-order valence-corrected chi connectivity index (χ0v) is 17.6. The molecule has 1 aliphatic heterocycles. The van der Waals surface area contributed by atoms with E-state index in [0.29, 0.717) is 6.04 Å². The van der Waals surface area contributed by atoms with Crippen molar-refractivity contribution in [1.29, 1.82) is 0 Å². The molecule has 1 N–H and O–H groups in total. The van der Waals surface area contributed by atoms with Gasteiger partial charge < -0.3 is 14.8 Å². The van der Waals surface area contributed by atoms with Gasteiger partial charge in [0.25, 0.3) is 0 Å². The van der Waals surface area contributed by atoms with Crippen molar-refractivity contribution in [3.05, 3.63) is 35.5 Å². The molecule has 0 radical (unpaired) electrons. The Balaban J connectivity index is 1.77. The number of nitrogens with zero attached hydrogens (tertiary/aromatic N) is 2. The second-order valence-corrected chi connectivity index (χ2v) is 8.55. The van der Waals surface area contributed by atoms with Crippen molar-refractivity contribution >= 4 is 16.8 Å². The third-order valence-electron chi connectivity index (χ3n) is 5.93. The highest BCUT2D eigenvalue weighted by molar-refractivity contribution is 5.86. The van der Waals surface area contributed by atoms with E-state index in [9.17, 15) is 4.79 Å². The van der Waals surface area contributed by atoms with Gasteiger partial charge in [0.1, 0.15) is 0 Å². The van der Waals surface area contributed by atoms with Crippen molar-refractivity contribution in [2.24, 2.45) is 13.0 Å². The Hall–Kier alpha value is -1.81. The maximum absolute atomic E-state index is 12.3. The SMILES string of the molecule is CC(=O)N1CCc2c(n(C)c3ccccc23)C1CCCNC(C)CC(C)C.